The van der Waals surface area contributed by atoms with Gasteiger partial charge in [0.05, 0.1) is 0 Å². The fourth-order valence-corrected chi connectivity index (χ4v) is 4.61. The van der Waals surface area contributed by atoms with Gasteiger partial charge in [-0.15, -0.1) is 0 Å². The molecule has 3 rings (SSSR count). The third-order valence-electron chi connectivity index (χ3n) is 5.60. The highest BCUT2D eigenvalue weighted by molar-refractivity contribution is 5.94. The van der Waals surface area contributed by atoms with Crippen molar-refractivity contribution in [2.75, 3.05) is 0 Å². The lowest BCUT2D eigenvalue weighted by Gasteiger charge is -2.30. The van der Waals surface area contributed by atoms with Gasteiger partial charge in [0.2, 0.25) is 0 Å². The van der Waals surface area contributed by atoms with E-state index in [0.717, 1.165) is 12.8 Å². The van der Waals surface area contributed by atoms with Crippen LogP contribution in [-0.2, 0) is 9.59 Å². The van der Waals surface area contributed by atoms with Crippen LogP contribution in [0.1, 0.15) is 52.4 Å². The zero-order valence-electron chi connectivity index (χ0n) is 11.4. The van der Waals surface area contributed by atoms with Crippen LogP contribution in [0.15, 0.2) is 11.6 Å². The summed E-state index contributed by atoms with van der Waals surface area (Å²) in [6.07, 6.45) is 8.11. The second-order valence-corrected chi connectivity index (χ2v) is 6.42. The highest BCUT2D eigenvalue weighted by atomic mass is 16.1. The highest BCUT2D eigenvalue weighted by Gasteiger charge is 2.63. The maximum Gasteiger partial charge on any atom is 0.137 e. The number of allylic oxidation sites excluding steroid dienone is 2. The lowest BCUT2D eigenvalue weighted by atomic mass is 9.71. The van der Waals surface area contributed by atoms with Crippen molar-refractivity contribution < 1.29 is 9.59 Å². The number of hydrogen-bond acceptors (Lipinski definition) is 2. The van der Waals surface area contributed by atoms with Crippen molar-refractivity contribution >= 4 is 11.6 Å². The number of Topliss-reactive ketones (excluding diaryl/α,β-unsaturated/α-hetero) is 2. The summed E-state index contributed by atoms with van der Waals surface area (Å²) in [5, 5.41) is 0. The molecule has 0 amide bonds. The normalized spacial score (nSPS) is 42.1. The van der Waals surface area contributed by atoms with Gasteiger partial charge in [-0.25, -0.2) is 0 Å². The zero-order chi connectivity index (χ0) is 12.9. The van der Waals surface area contributed by atoms with Gasteiger partial charge in [-0.2, -0.15) is 0 Å². The molecule has 0 saturated heterocycles. The molecule has 98 valence electrons. The number of carbonyl (C=O) groups is 2. The molecule has 0 aliphatic heterocycles. The molecule has 2 nitrogen and oxygen atoms in total. The second kappa shape index (κ2) is 4.04. The van der Waals surface area contributed by atoms with E-state index in [1.54, 1.807) is 0 Å². The topological polar surface area (TPSA) is 34.1 Å². The SMILES string of the molecule is CCCCC1=C[C@]23C(C)C(=O)C[C@H]2CC(=O)[C@@H]3C1. The van der Waals surface area contributed by atoms with Gasteiger partial charge in [0, 0.05) is 30.1 Å². The maximum atomic E-state index is 12.2. The first kappa shape index (κ1) is 12.1. The van der Waals surface area contributed by atoms with Crippen LogP contribution in [-0.4, -0.2) is 11.6 Å². The molecule has 2 fully saturated rings. The van der Waals surface area contributed by atoms with Gasteiger partial charge in [0.1, 0.15) is 11.6 Å². The second-order valence-electron chi connectivity index (χ2n) is 6.42. The summed E-state index contributed by atoms with van der Waals surface area (Å²) in [5.41, 5.74) is 1.37. The molecular formula is C16H22O2. The number of ketones is 2. The molecule has 0 aromatic rings. The van der Waals surface area contributed by atoms with Crippen LogP contribution in [0.2, 0.25) is 0 Å². The van der Waals surface area contributed by atoms with E-state index >= 15 is 0 Å². The lowest BCUT2D eigenvalue weighted by molar-refractivity contribution is -0.125. The van der Waals surface area contributed by atoms with Crippen LogP contribution >= 0.6 is 0 Å². The first-order valence-electron chi connectivity index (χ1n) is 7.35. The molecule has 1 unspecified atom stereocenters. The molecule has 0 heterocycles. The van der Waals surface area contributed by atoms with Crippen LogP contribution in [0.3, 0.4) is 0 Å². The Morgan fingerprint density at radius 2 is 1.94 bits per heavy atom. The summed E-state index contributed by atoms with van der Waals surface area (Å²) in [5.74, 6) is 1.32. The van der Waals surface area contributed by atoms with Crippen LogP contribution in [0.4, 0.5) is 0 Å². The average Bonchev–Trinajstić information content (AvgIpc) is 2.90. The number of rotatable bonds is 3. The van der Waals surface area contributed by atoms with E-state index in [1.807, 2.05) is 6.92 Å². The van der Waals surface area contributed by atoms with Gasteiger partial charge in [0.15, 0.2) is 0 Å². The Morgan fingerprint density at radius 1 is 1.22 bits per heavy atom. The van der Waals surface area contributed by atoms with Crippen molar-refractivity contribution in [2.24, 2.45) is 23.2 Å². The van der Waals surface area contributed by atoms with Crippen molar-refractivity contribution in [3.63, 3.8) is 0 Å². The standard InChI is InChI=1S/C16H22O2/c1-3-4-5-11-6-13-15(18)8-12-7-14(17)10(2)16(12,13)9-11/h9-10,12-13H,3-8H2,1-2H3/t10?,12-,13-,16-/m0/s1. The lowest BCUT2D eigenvalue weighted by Crippen LogP contribution is -2.31. The Labute approximate surface area is 109 Å². The molecule has 18 heavy (non-hydrogen) atoms. The fraction of sp³-hybridized carbons (Fsp3) is 0.750. The van der Waals surface area contributed by atoms with Crippen molar-refractivity contribution in [1.29, 1.82) is 0 Å². The molecule has 2 saturated carbocycles. The Bertz CT molecular complexity index is 432. The molecule has 3 aliphatic carbocycles. The molecule has 0 aromatic heterocycles. The first-order chi connectivity index (χ1) is 8.59. The molecule has 0 aromatic carbocycles. The molecule has 3 aliphatic rings. The van der Waals surface area contributed by atoms with E-state index < -0.39 is 0 Å². The molecule has 4 atom stereocenters. The Balaban J connectivity index is 1.94. The minimum Gasteiger partial charge on any atom is -0.299 e. The van der Waals surface area contributed by atoms with Crippen LogP contribution in [0.5, 0.6) is 0 Å². The van der Waals surface area contributed by atoms with E-state index in [2.05, 4.69) is 13.0 Å². The Morgan fingerprint density at radius 3 is 2.67 bits per heavy atom. The van der Waals surface area contributed by atoms with Gasteiger partial charge in [0.25, 0.3) is 0 Å². The predicted molar refractivity (Wildman–Crippen MR) is 70.1 cm³/mol. The van der Waals surface area contributed by atoms with Gasteiger partial charge >= 0.3 is 0 Å². The van der Waals surface area contributed by atoms with Crippen molar-refractivity contribution in [3.05, 3.63) is 11.6 Å². The molecule has 0 radical (unpaired) electrons. The van der Waals surface area contributed by atoms with Crippen molar-refractivity contribution in [3.8, 4) is 0 Å². The van der Waals surface area contributed by atoms with Gasteiger partial charge in [-0.1, -0.05) is 31.9 Å². The Hall–Kier alpha value is -0.920. The quantitative estimate of drug-likeness (QED) is 0.716. The molecular weight excluding hydrogens is 224 g/mol. The number of hydrogen-bond donors (Lipinski definition) is 0. The number of carbonyl (C=O) groups excluding carboxylic acids is 2. The van der Waals surface area contributed by atoms with E-state index in [-0.39, 0.29) is 17.3 Å². The van der Waals surface area contributed by atoms with Crippen molar-refractivity contribution in [2.45, 2.75) is 52.4 Å². The summed E-state index contributed by atoms with van der Waals surface area (Å²) >= 11 is 0. The van der Waals surface area contributed by atoms with Gasteiger partial charge in [-0.05, 0) is 25.2 Å². The summed E-state index contributed by atoms with van der Waals surface area (Å²) < 4.78 is 0. The summed E-state index contributed by atoms with van der Waals surface area (Å²) in [4.78, 5) is 24.2. The summed E-state index contributed by atoms with van der Waals surface area (Å²) in [6, 6.07) is 0. The monoisotopic (exact) mass is 246 g/mol. The highest BCUT2D eigenvalue weighted by Crippen LogP contribution is 2.63. The van der Waals surface area contributed by atoms with E-state index in [0.29, 0.717) is 30.3 Å². The maximum absolute atomic E-state index is 12.2. The van der Waals surface area contributed by atoms with Crippen molar-refractivity contribution in [1.82, 2.24) is 0 Å². The van der Waals surface area contributed by atoms with Crippen LogP contribution in [0, 0.1) is 23.2 Å². The third-order valence-corrected chi connectivity index (χ3v) is 5.60. The van der Waals surface area contributed by atoms with E-state index in [1.165, 1.54) is 18.4 Å². The average molecular weight is 246 g/mol. The first-order valence-corrected chi connectivity index (χ1v) is 7.35. The molecule has 0 bridgehead atoms. The molecule has 2 heteroatoms. The zero-order valence-corrected chi connectivity index (χ0v) is 11.4. The van der Waals surface area contributed by atoms with Crippen LogP contribution in [0.25, 0.3) is 0 Å². The third kappa shape index (κ3) is 1.41. The van der Waals surface area contributed by atoms with E-state index in [9.17, 15) is 9.59 Å². The summed E-state index contributed by atoms with van der Waals surface area (Å²) in [7, 11) is 0. The summed E-state index contributed by atoms with van der Waals surface area (Å²) in [6.45, 7) is 4.25. The van der Waals surface area contributed by atoms with E-state index in [4.69, 9.17) is 0 Å². The van der Waals surface area contributed by atoms with Gasteiger partial charge in [-0.3, -0.25) is 9.59 Å². The minimum absolute atomic E-state index is 0.0677. The number of unbranched alkanes of at least 4 members (excludes halogenated alkanes) is 1. The fourth-order valence-electron chi connectivity index (χ4n) is 4.61. The Kier molecular flexibility index (Phi) is 2.72. The van der Waals surface area contributed by atoms with Gasteiger partial charge < -0.3 is 0 Å². The minimum atomic E-state index is -0.0722. The largest absolute Gasteiger partial charge is 0.299 e. The smallest absolute Gasteiger partial charge is 0.137 e. The predicted octanol–water partition coefficient (Wildman–Crippen LogP) is 3.31. The molecule has 1 spiro atoms. The molecule has 0 N–H and O–H groups in total. The van der Waals surface area contributed by atoms with Crippen LogP contribution < -0.4 is 0 Å².